The summed E-state index contributed by atoms with van der Waals surface area (Å²) in [7, 11) is 1.68. The van der Waals surface area contributed by atoms with Gasteiger partial charge in [0.05, 0.1) is 12.8 Å². The average Bonchev–Trinajstić information content (AvgIpc) is 2.62. The minimum Gasteiger partial charge on any atom is -0.495 e. The first-order valence-electron chi connectivity index (χ1n) is 7.38. The van der Waals surface area contributed by atoms with Gasteiger partial charge < -0.3 is 14.5 Å². The number of benzene rings is 1. The molecular formula is C17H19N3O2. The van der Waals surface area contributed by atoms with E-state index in [0.717, 1.165) is 24.5 Å². The van der Waals surface area contributed by atoms with Crippen molar-refractivity contribution in [3.8, 4) is 5.75 Å². The Balaban J connectivity index is 1.67. The van der Waals surface area contributed by atoms with Gasteiger partial charge in [-0.05, 0) is 24.3 Å². The van der Waals surface area contributed by atoms with E-state index in [1.165, 1.54) is 0 Å². The normalized spacial score (nSPS) is 14.8. The molecule has 3 rings (SSSR count). The smallest absolute Gasteiger partial charge is 0.272 e. The molecule has 114 valence electrons. The minimum absolute atomic E-state index is 0.000256. The zero-order valence-corrected chi connectivity index (χ0v) is 12.6. The third-order valence-electron chi connectivity index (χ3n) is 3.88. The summed E-state index contributed by atoms with van der Waals surface area (Å²) in [5.41, 5.74) is 1.59. The van der Waals surface area contributed by atoms with Gasteiger partial charge in [-0.1, -0.05) is 18.2 Å². The molecule has 5 nitrogen and oxygen atoms in total. The number of pyridine rings is 1. The molecule has 1 aromatic heterocycles. The number of para-hydroxylation sites is 2. The molecule has 0 bridgehead atoms. The summed E-state index contributed by atoms with van der Waals surface area (Å²) in [5, 5.41) is 0. The van der Waals surface area contributed by atoms with Crippen LogP contribution in [0.5, 0.6) is 5.75 Å². The van der Waals surface area contributed by atoms with E-state index in [-0.39, 0.29) is 5.91 Å². The quantitative estimate of drug-likeness (QED) is 0.870. The Morgan fingerprint density at radius 2 is 1.77 bits per heavy atom. The zero-order valence-electron chi connectivity index (χ0n) is 12.6. The van der Waals surface area contributed by atoms with Crippen molar-refractivity contribution in [2.24, 2.45) is 0 Å². The molecule has 1 aliphatic rings. The van der Waals surface area contributed by atoms with Crippen molar-refractivity contribution in [2.75, 3.05) is 38.2 Å². The second-order valence-corrected chi connectivity index (χ2v) is 5.17. The van der Waals surface area contributed by atoms with Gasteiger partial charge in [0.15, 0.2) is 0 Å². The van der Waals surface area contributed by atoms with Crippen LogP contribution in [-0.4, -0.2) is 49.1 Å². The number of carbonyl (C=O) groups excluding carboxylic acids is 1. The first-order chi connectivity index (χ1) is 10.8. The number of carbonyl (C=O) groups is 1. The van der Waals surface area contributed by atoms with Crippen LogP contribution in [-0.2, 0) is 0 Å². The van der Waals surface area contributed by atoms with Crippen molar-refractivity contribution < 1.29 is 9.53 Å². The Bertz CT molecular complexity index is 637. The fraction of sp³-hybridized carbons (Fsp3) is 0.294. The van der Waals surface area contributed by atoms with E-state index in [4.69, 9.17) is 4.74 Å². The number of rotatable bonds is 3. The van der Waals surface area contributed by atoms with Crippen molar-refractivity contribution in [3.63, 3.8) is 0 Å². The van der Waals surface area contributed by atoms with E-state index in [9.17, 15) is 4.79 Å². The molecule has 0 unspecified atom stereocenters. The van der Waals surface area contributed by atoms with Crippen LogP contribution < -0.4 is 9.64 Å². The Hall–Kier alpha value is -2.56. The van der Waals surface area contributed by atoms with Gasteiger partial charge in [0, 0.05) is 32.4 Å². The summed E-state index contributed by atoms with van der Waals surface area (Å²) in [4.78, 5) is 20.6. The van der Waals surface area contributed by atoms with Crippen molar-refractivity contribution >= 4 is 11.6 Å². The highest BCUT2D eigenvalue weighted by molar-refractivity contribution is 5.92. The van der Waals surface area contributed by atoms with Gasteiger partial charge in [-0.15, -0.1) is 0 Å². The van der Waals surface area contributed by atoms with Gasteiger partial charge >= 0.3 is 0 Å². The van der Waals surface area contributed by atoms with Crippen LogP contribution in [0.15, 0.2) is 48.7 Å². The third kappa shape index (κ3) is 2.88. The summed E-state index contributed by atoms with van der Waals surface area (Å²) in [6, 6.07) is 13.4. The maximum Gasteiger partial charge on any atom is 0.272 e. The fourth-order valence-electron chi connectivity index (χ4n) is 2.69. The number of methoxy groups -OCH3 is 1. The molecule has 22 heavy (non-hydrogen) atoms. The lowest BCUT2D eigenvalue weighted by atomic mass is 10.2. The number of hydrogen-bond acceptors (Lipinski definition) is 4. The zero-order chi connectivity index (χ0) is 15.4. The van der Waals surface area contributed by atoms with Gasteiger partial charge in [0.2, 0.25) is 0 Å². The highest BCUT2D eigenvalue weighted by Gasteiger charge is 2.24. The number of anilines is 1. The third-order valence-corrected chi connectivity index (χ3v) is 3.88. The van der Waals surface area contributed by atoms with E-state index in [2.05, 4.69) is 16.0 Å². The first kappa shape index (κ1) is 14.4. The van der Waals surface area contributed by atoms with Crippen LogP contribution in [0, 0.1) is 0 Å². The molecule has 0 radical (unpaired) electrons. The summed E-state index contributed by atoms with van der Waals surface area (Å²) in [6.07, 6.45) is 1.65. The predicted molar refractivity (Wildman–Crippen MR) is 85.3 cm³/mol. The lowest BCUT2D eigenvalue weighted by molar-refractivity contribution is 0.0741. The van der Waals surface area contributed by atoms with Gasteiger partial charge in [-0.25, -0.2) is 0 Å². The topological polar surface area (TPSA) is 45.7 Å². The van der Waals surface area contributed by atoms with Crippen molar-refractivity contribution in [3.05, 3.63) is 54.4 Å². The molecule has 1 aliphatic heterocycles. The SMILES string of the molecule is COc1ccccc1N1CCN(C(=O)c2ccccn2)CC1. The largest absolute Gasteiger partial charge is 0.495 e. The molecule has 1 fully saturated rings. The number of piperazine rings is 1. The molecule has 1 amide bonds. The van der Waals surface area contributed by atoms with Crippen LogP contribution in [0.3, 0.4) is 0 Å². The molecule has 0 atom stereocenters. The second-order valence-electron chi connectivity index (χ2n) is 5.17. The molecule has 2 aromatic rings. The minimum atomic E-state index is 0.000256. The van der Waals surface area contributed by atoms with Crippen molar-refractivity contribution in [2.45, 2.75) is 0 Å². The lowest BCUT2D eigenvalue weighted by Gasteiger charge is -2.36. The molecule has 1 aromatic carbocycles. The highest BCUT2D eigenvalue weighted by Crippen LogP contribution is 2.28. The molecule has 0 saturated carbocycles. The number of aromatic nitrogens is 1. The van der Waals surface area contributed by atoms with E-state index < -0.39 is 0 Å². The standard InChI is InChI=1S/C17H19N3O2/c1-22-16-8-3-2-7-15(16)19-10-12-20(13-11-19)17(21)14-6-4-5-9-18-14/h2-9H,10-13H2,1H3. The van der Waals surface area contributed by atoms with Gasteiger partial charge in [0.1, 0.15) is 11.4 Å². The number of ether oxygens (including phenoxy) is 1. The second kappa shape index (κ2) is 6.47. The summed E-state index contributed by atoms with van der Waals surface area (Å²) in [5.74, 6) is 0.868. The molecule has 2 heterocycles. The number of hydrogen-bond donors (Lipinski definition) is 0. The number of nitrogens with zero attached hydrogens (tertiary/aromatic N) is 3. The summed E-state index contributed by atoms with van der Waals surface area (Å²) >= 11 is 0. The molecular weight excluding hydrogens is 278 g/mol. The lowest BCUT2D eigenvalue weighted by Crippen LogP contribution is -2.49. The van der Waals surface area contributed by atoms with Crippen LogP contribution in [0.25, 0.3) is 0 Å². The Morgan fingerprint density at radius 1 is 1.05 bits per heavy atom. The van der Waals surface area contributed by atoms with E-state index >= 15 is 0 Å². The maximum absolute atomic E-state index is 12.4. The van der Waals surface area contributed by atoms with Gasteiger partial charge in [0.25, 0.3) is 5.91 Å². The first-order valence-corrected chi connectivity index (χ1v) is 7.38. The molecule has 0 N–H and O–H groups in total. The van der Waals surface area contributed by atoms with Gasteiger partial charge in [-0.3, -0.25) is 9.78 Å². The average molecular weight is 297 g/mol. The van der Waals surface area contributed by atoms with Crippen LogP contribution >= 0.6 is 0 Å². The van der Waals surface area contributed by atoms with Gasteiger partial charge in [-0.2, -0.15) is 0 Å². The van der Waals surface area contributed by atoms with Crippen molar-refractivity contribution in [1.29, 1.82) is 0 Å². The van der Waals surface area contributed by atoms with E-state index in [1.54, 1.807) is 19.4 Å². The van der Waals surface area contributed by atoms with Crippen LogP contribution in [0.4, 0.5) is 5.69 Å². The van der Waals surface area contributed by atoms with E-state index in [0.29, 0.717) is 18.8 Å². The highest BCUT2D eigenvalue weighted by atomic mass is 16.5. The van der Waals surface area contributed by atoms with Crippen molar-refractivity contribution in [1.82, 2.24) is 9.88 Å². The van der Waals surface area contributed by atoms with Crippen LogP contribution in [0.1, 0.15) is 10.5 Å². The Kier molecular flexibility index (Phi) is 4.23. The van der Waals surface area contributed by atoms with Crippen LogP contribution in [0.2, 0.25) is 0 Å². The molecule has 0 spiro atoms. The molecule has 1 saturated heterocycles. The predicted octanol–water partition coefficient (Wildman–Crippen LogP) is 2.05. The Morgan fingerprint density at radius 3 is 2.45 bits per heavy atom. The molecule has 5 heteroatoms. The molecule has 0 aliphatic carbocycles. The maximum atomic E-state index is 12.4. The Labute approximate surface area is 130 Å². The fourth-order valence-corrected chi connectivity index (χ4v) is 2.69. The summed E-state index contributed by atoms with van der Waals surface area (Å²) < 4.78 is 5.41. The number of amides is 1. The monoisotopic (exact) mass is 297 g/mol. The summed E-state index contributed by atoms with van der Waals surface area (Å²) in [6.45, 7) is 2.96. The van der Waals surface area contributed by atoms with E-state index in [1.807, 2.05) is 35.2 Å².